The van der Waals surface area contributed by atoms with Gasteiger partial charge in [0.15, 0.2) is 0 Å². The standard InChI is InChI=1S/C27H23ClFN3O4/c28-19-5-9-21(10-6-19)32-27(35)26(23(15-30-32)31-14-13-24(33)25(34)16-31)36-22-11-3-18(4-12-22)17-1-7-20(29)8-2-17/h1-12,15,24-25,33-34H,13-14,16H2. The maximum atomic E-state index is 13.6. The Morgan fingerprint density at radius 1 is 0.917 bits per heavy atom. The Bertz CT molecular complexity index is 1410. The van der Waals surface area contributed by atoms with Crippen LogP contribution in [-0.4, -0.2) is 45.3 Å². The summed E-state index contributed by atoms with van der Waals surface area (Å²) in [6.45, 7) is 0.553. The molecule has 7 nitrogen and oxygen atoms in total. The molecule has 2 atom stereocenters. The number of hydrogen-bond acceptors (Lipinski definition) is 6. The third-order valence-electron chi connectivity index (χ3n) is 6.12. The minimum Gasteiger partial charge on any atom is -0.449 e. The zero-order valence-corrected chi connectivity index (χ0v) is 19.8. The van der Waals surface area contributed by atoms with E-state index in [0.29, 0.717) is 35.1 Å². The minimum absolute atomic E-state index is 0.0399. The number of ether oxygens (including phenoxy) is 1. The first-order valence-corrected chi connectivity index (χ1v) is 11.8. The van der Waals surface area contributed by atoms with Crippen molar-refractivity contribution in [3.8, 4) is 28.3 Å². The van der Waals surface area contributed by atoms with Gasteiger partial charge in [0.1, 0.15) is 17.3 Å². The number of nitrogens with zero attached hydrogens (tertiary/aromatic N) is 3. The summed E-state index contributed by atoms with van der Waals surface area (Å²) in [7, 11) is 0. The first-order valence-electron chi connectivity index (χ1n) is 11.4. The van der Waals surface area contributed by atoms with Crippen LogP contribution in [0.25, 0.3) is 16.8 Å². The van der Waals surface area contributed by atoms with E-state index >= 15 is 0 Å². The van der Waals surface area contributed by atoms with Crippen molar-refractivity contribution >= 4 is 17.3 Å². The van der Waals surface area contributed by atoms with Crippen LogP contribution in [-0.2, 0) is 0 Å². The van der Waals surface area contributed by atoms with Gasteiger partial charge in [-0.3, -0.25) is 4.79 Å². The highest BCUT2D eigenvalue weighted by Gasteiger charge is 2.29. The summed E-state index contributed by atoms with van der Waals surface area (Å²) in [5.41, 5.74) is 2.15. The fourth-order valence-electron chi connectivity index (χ4n) is 4.13. The van der Waals surface area contributed by atoms with Gasteiger partial charge in [-0.15, -0.1) is 0 Å². The van der Waals surface area contributed by atoms with E-state index in [-0.39, 0.29) is 18.1 Å². The van der Waals surface area contributed by atoms with E-state index in [2.05, 4.69) is 5.10 Å². The van der Waals surface area contributed by atoms with Crippen molar-refractivity contribution in [2.24, 2.45) is 0 Å². The first-order chi connectivity index (χ1) is 17.4. The second kappa shape index (κ2) is 10.1. The van der Waals surface area contributed by atoms with Gasteiger partial charge in [-0.2, -0.15) is 9.78 Å². The maximum absolute atomic E-state index is 13.6. The number of halogens is 2. The van der Waals surface area contributed by atoms with Crippen LogP contribution in [0.5, 0.6) is 11.5 Å². The van der Waals surface area contributed by atoms with Crippen LogP contribution in [0.3, 0.4) is 0 Å². The van der Waals surface area contributed by atoms with Crippen LogP contribution < -0.4 is 15.2 Å². The van der Waals surface area contributed by atoms with Crippen molar-refractivity contribution in [3.05, 3.63) is 100 Å². The number of anilines is 1. The van der Waals surface area contributed by atoms with E-state index in [1.807, 2.05) is 12.1 Å². The third-order valence-corrected chi connectivity index (χ3v) is 6.38. The fraction of sp³-hybridized carbons (Fsp3) is 0.185. The highest BCUT2D eigenvalue weighted by atomic mass is 35.5. The number of piperidine rings is 1. The van der Waals surface area contributed by atoms with Gasteiger partial charge in [0.05, 0.1) is 24.1 Å². The summed E-state index contributed by atoms with van der Waals surface area (Å²) in [6, 6.07) is 19.9. The number of aliphatic hydroxyl groups is 2. The Morgan fingerprint density at radius 3 is 2.19 bits per heavy atom. The van der Waals surface area contributed by atoms with E-state index in [9.17, 15) is 19.4 Å². The van der Waals surface area contributed by atoms with E-state index in [4.69, 9.17) is 16.3 Å². The number of β-amino-alcohol motifs (C(OH)–C–C–N with tert-alkyl or cyclic N) is 1. The van der Waals surface area contributed by atoms with Gasteiger partial charge in [0, 0.05) is 18.1 Å². The lowest BCUT2D eigenvalue weighted by atomic mass is 10.0. The molecule has 4 aromatic rings. The van der Waals surface area contributed by atoms with E-state index in [0.717, 1.165) is 11.1 Å². The van der Waals surface area contributed by atoms with Gasteiger partial charge in [-0.05, 0) is 66.1 Å². The lowest BCUT2D eigenvalue weighted by molar-refractivity contribution is 0.00792. The Kier molecular flexibility index (Phi) is 6.73. The molecule has 0 saturated carbocycles. The molecule has 1 aliphatic heterocycles. The molecule has 0 radical (unpaired) electrons. The predicted octanol–water partition coefficient (Wildman–Crippen LogP) is 4.42. The molecule has 2 N–H and O–H groups in total. The van der Waals surface area contributed by atoms with Crippen molar-refractivity contribution in [2.45, 2.75) is 18.6 Å². The average Bonchev–Trinajstić information content (AvgIpc) is 2.88. The molecule has 1 saturated heterocycles. The zero-order valence-electron chi connectivity index (χ0n) is 19.1. The first kappa shape index (κ1) is 24.0. The predicted molar refractivity (Wildman–Crippen MR) is 136 cm³/mol. The van der Waals surface area contributed by atoms with E-state index in [1.54, 1.807) is 53.4 Å². The molecule has 0 spiro atoms. The van der Waals surface area contributed by atoms with Crippen LogP contribution in [0.2, 0.25) is 5.02 Å². The molecular weight excluding hydrogens is 485 g/mol. The summed E-state index contributed by atoms with van der Waals surface area (Å²) in [5, 5.41) is 25.0. The number of hydrogen-bond donors (Lipinski definition) is 2. The van der Waals surface area contributed by atoms with Gasteiger partial charge in [-0.1, -0.05) is 35.9 Å². The fourth-order valence-corrected chi connectivity index (χ4v) is 4.26. The molecule has 2 heterocycles. The smallest absolute Gasteiger partial charge is 0.316 e. The van der Waals surface area contributed by atoms with Crippen LogP contribution in [0.1, 0.15) is 6.42 Å². The van der Waals surface area contributed by atoms with Crippen molar-refractivity contribution < 1.29 is 19.3 Å². The van der Waals surface area contributed by atoms with Crippen molar-refractivity contribution in [1.29, 1.82) is 0 Å². The summed E-state index contributed by atoms with van der Waals surface area (Å²) in [5.74, 6) is 0.153. The maximum Gasteiger partial charge on any atom is 0.316 e. The molecule has 1 fully saturated rings. The summed E-state index contributed by atoms with van der Waals surface area (Å²) >= 11 is 5.99. The van der Waals surface area contributed by atoms with Crippen molar-refractivity contribution in [3.63, 3.8) is 0 Å². The van der Waals surface area contributed by atoms with Crippen molar-refractivity contribution in [1.82, 2.24) is 9.78 Å². The number of aromatic nitrogens is 2. The SMILES string of the molecule is O=c1c(Oc2ccc(-c3ccc(F)cc3)cc2)c(N2CCC(O)C(O)C2)cnn1-c1ccc(Cl)cc1. The Hall–Kier alpha value is -3.72. The van der Waals surface area contributed by atoms with E-state index < -0.39 is 17.8 Å². The van der Waals surface area contributed by atoms with Crippen LogP contribution in [0.15, 0.2) is 83.8 Å². The van der Waals surface area contributed by atoms with Crippen molar-refractivity contribution in [2.75, 3.05) is 18.0 Å². The molecule has 0 amide bonds. The molecule has 1 aliphatic rings. The molecule has 36 heavy (non-hydrogen) atoms. The molecule has 0 aliphatic carbocycles. The minimum atomic E-state index is -0.958. The second-order valence-electron chi connectivity index (χ2n) is 8.56. The summed E-state index contributed by atoms with van der Waals surface area (Å²) in [6.07, 6.45) is 0.0721. The lowest BCUT2D eigenvalue weighted by Gasteiger charge is -2.35. The second-order valence-corrected chi connectivity index (χ2v) is 8.99. The van der Waals surface area contributed by atoms with Crippen LogP contribution in [0, 0.1) is 5.82 Å². The molecule has 5 rings (SSSR count). The molecule has 2 unspecified atom stereocenters. The number of aliphatic hydroxyl groups excluding tert-OH is 2. The molecule has 1 aromatic heterocycles. The number of rotatable bonds is 5. The Labute approximate surface area is 211 Å². The highest BCUT2D eigenvalue weighted by Crippen LogP contribution is 2.32. The zero-order chi connectivity index (χ0) is 25.2. The summed E-state index contributed by atoms with van der Waals surface area (Å²) in [4.78, 5) is 15.3. The van der Waals surface area contributed by atoms with Crippen LogP contribution >= 0.6 is 11.6 Å². The quantitative estimate of drug-likeness (QED) is 0.416. The van der Waals surface area contributed by atoms with Gasteiger partial charge < -0.3 is 19.8 Å². The highest BCUT2D eigenvalue weighted by molar-refractivity contribution is 6.30. The lowest BCUT2D eigenvalue weighted by Crippen LogP contribution is -2.47. The monoisotopic (exact) mass is 507 g/mol. The Morgan fingerprint density at radius 2 is 1.56 bits per heavy atom. The molecule has 184 valence electrons. The van der Waals surface area contributed by atoms with Gasteiger partial charge >= 0.3 is 5.56 Å². The summed E-state index contributed by atoms with van der Waals surface area (Å²) < 4.78 is 20.6. The molecule has 0 bridgehead atoms. The largest absolute Gasteiger partial charge is 0.449 e. The number of benzene rings is 3. The topological polar surface area (TPSA) is 87.8 Å². The molecular formula is C27H23ClFN3O4. The molecule has 9 heteroatoms. The van der Waals surface area contributed by atoms with Gasteiger partial charge in [0.2, 0.25) is 5.75 Å². The van der Waals surface area contributed by atoms with E-state index in [1.165, 1.54) is 23.0 Å². The molecule has 3 aromatic carbocycles. The van der Waals surface area contributed by atoms with Crippen LogP contribution in [0.4, 0.5) is 10.1 Å². The van der Waals surface area contributed by atoms with Gasteiger partial charge in [0.25, 0.3) is 0 Å². The van der Waals surface area contributed by atoms with Gasteiger partial charge in [-0.25, -0.2) is 4.39 Å². The average molecular weight is 508 g/mol. The third kappa shape index (κ3) is 4.97. The Balaban J connectivity index is 1.52. The normalized spacial score (nSPS) is 17.7.